The number of hydrogen-bond donors (Lipinski definition) is 1. The molecule has 0 radical (unpaired) electrons. The first kappa shape index (κ1) is 16.7. The van der Waals surface area contributed by atoms with Gasteiger partial charge in [-0.1, -0.05) is 24.3 Å². The fraction of sp³-hybridized carbons (Fsp3) is 0.118. The van der Waals surface area contributed by atoms with Gasteiger partial charge in [0, 0.05) is 18.6 Å². The third-order valence-electron chi connectivity index (χ3n) is 3.44. The van der Waals surface area contributed by atoms with Gasteiger partial charge in [-0.2, -0.15) is 13.2 Å². The van der Waals surface area contributed by atoms with Gasteiger partial charge in [0.1, 0.15) is 0 Å². The van der Waals surface area contributed by atoms with E-state index in [2.05, 4.69) is 15.1 Å². The summed E-state index contributed by atoms with van der Waals surface area (Å²) < 4.78 is 40.6. The second-order valence-corrected chi connectivity index (χ2v) is 5.21. The first-order valence-electron chi connectivity index (χ1n) is 7.33. The molecular weight excluding hydrogens is 333 g/mol. The number of benzene rings is 1. The Labute approximate surface area is 140 Å². The van der Waals surface area contributed by atoms with Gasteiger partial charge >= 0.3 is 6.18 Å². The summed E-state index contributed by atoms with van der Waals surface area (Å²) in [4.78, 5) is 20.3. The molecule has 8 heteroatoms. The van der Waals surface area contributed by atoms with Crippen LogP contribution in [0.25, 0.3) is 5.69 Å². The number of hydrogen-bond acceptors (Lipinski definition) is 3. The minimum atomic E-state index is -4.70. The lowest BCUT2D eigenvalue weighted by Crippen LogP contribution is -2.17. The standard InChI is InChI=1S/C17H13F3N4O/c18-17(19,20)15-14(11-22-10-12-5-4-8-21-9-12)16(25)24(23-15)13-6-2-1-3-7-13/h1-9,11,23H,10H2. The Hall–Kier alpha value is -3.16. The molecule has 1 N–H and O–H groups in total. The van der Waals surface area contributed by atoms with E-state index in [1.54, 1.807) is 42.7 Å². The van der Waals surface area contributed by atoms with Crippen molar-refractivity contribution in [1.82, 2.24) is 14.8 Å². The average Bonchev–Trinajstić information content (AvgIpc) is 2.94. The zero-order chi connectivity index (χ0) is 17.9. The van der Waals surface area contributed by atoms with Crippen LogP contribution in [0, 0.1) is 0 Å². The number of para-hydroxylation sites is 1. The molecule has 0 aliphatic heterocycles. The van der Waals surface area contributed by atoms with Crippen molar-refractivity contribution in [3.63, 3.8) is 0 Å². The second-order valence-electron chi connectivity index (χ2n) is 5.21. The summed E-state index contributed by atoms with van der Waals surface area (Å²) in [7, 11) is 0. The Morgan fingerprint density at radius 2 is 1.92 bits per heavy atom. The monoisotopic (exact) mass is 346 g/mol. The average molecular weight is 346 g/mol. The number of halogens is 3. The van der Waals surface area contributed by atoms with E-state index in [0.29, 0.717) is 5.69 Å². The molecule has 0 saturated heterocycles. The van der Waals surface area contributed by atoms with Gasteiger partial charge in [-0.3, -0.25) is 19.9 Å². The van der Waals surface area contributed by atoms with Crippen molar-refractivity contribution < 1.29 is 13.2 Å². The fourth-order valence-electron chi connectivity index (χ4n) is 2.28. The molecule has 0 aliphatic carbocycles. The Morgan fingerprint density at radius 3 is 2.56 bits per heavy atom. The van der Waals surface area contributed by atoms with Crippen LogP contribution in [0.5, 0.6) is 0 Å². The Morgan fingerprint density at radius 1 is 1.16 bits per heavy atom. The summed E-state index contributed by atoms with van der Waals surface area (Å²) in [6.07, 6.45) is -0.607. The lowest BCUT2D eigenvalue weighted by atomic mass is 10.2. The number of H-pyrrole nitrogens is 1. The van der Waals surface area contributed by atoms with Gasteiger partial charge in [0.2, 0.25) is 0 Å². The molecule has 2 heterocycles. The number of rotatable bonds is 4. The molecule has 3 rings (SSSR count). The lowest BCUT2D eigenvalue weighted by molar-refractivity contribution is -0.141. The maximum atomic E-state index is 13.3. The van der Waals surface area contributed by atoms with E-state index >= 15 is 0 Å². The van der Waals surface area contributed by atoms with Crippen molar-refractivity contribution in [1.29, 1.82) is 0 Å². The van der Waals surface area contributed by atoms with E-state index < -0.39 is 23.0 Å². The highest BCUT2D eigenvalue weighted by molar-refractivity contribution is 5.81. The molecule has 0 atom stereocenters. The van der Waals surface area contributed by atoms with Gasteiger partial charge in [-0.15, -0.1) is 0 Å². The van der Waals surface area contributed by atoms with Gasteiger partial charge in [0.25, 0.3) is 5.56 Å². The molecule has 25 heavy (non-hydrogen) atoms. The lowest BCUT2D eigenvalue weighted by Gasteiger charge is -2.04. The van der Waals surface area contributed by atoms with Crippen LogP contribution in [-0.4, -0.2) is 21.0 Å². The zero-order valence-electron chi connectivity index (χ0n) is 12.9. The van der Waals surface area contributed by atoms with E-state index in [0.717, 1.165) is 16.5 Å². The molecule has 2 aromatic heterocycles. The second kappa shape index (κ2) is 6.76. The van der Waals surface area contributed by atoms with Gasteiger partial charge in [0.15, 0.2) is 5.69 Å². The number of aromatic amines is 1. The summed E-state index contributed by atoms with van der Waals surface area (Å²) in [6.45, 7) is 0.126. The maximum absolute atomic E-state index is 13.3. The molecule has 0 amide bonds. The highest BCUT2D eigenvalue weighted by atomic mass is 19.4. The molecule has 1 aromatic carbocycles. The number of aliphatic imine (C=N–C) groups is 1. The molecule has 0 bridgehead atoms. The molecule has 128 valence electrons. The summed E-state index contributed by atoms with van der Waals surface area (Å²) in [5, 5.41) is 2.13. The SMILES string of the molecule is O=c1c(C=NCc2cccnc2)c(C(F)(F)F)[nH]n1-c1ccccc1. The van der Waals surface area contributed by atoms with E-state index in [-0.39, 0.29) is 6.54 Å². The van der Waals surface area contributed by atoms with Crippen molar-refractivity contribution >= 4 is 6.21 Å². The highest BCUT2D eigenvalue weighted by Gasteiger charge is 2.37. The Balaban J connectivity index is 2.00. The molecular formula is C17H13F3N4O. The van der Waals surface area contributed by atoms with Crippen molar-refractivity contribution in [3.05, 3.63) is 82.0 Å². The van der Waals surface area contributed by atoms with E-state index in [1.807, 2.05) is 0 Å². The van der Waals surface area contributed by atoms with E-state index in [4.69, 9.17) is 0 Å². The van der Waals surface area contributed by atoms with Crippen molar-refractivity contribution in [3.8, 4) is 5.69 Å². The molecule has 0 spiro atoms. The predicted octanol–water partition coefficient (Wildman–Crippen LogP) is 3.20. The van der Waals surface area contributed by atoms with Gasteiger partial charge < -0.3 is 0 Å². The normalized spacial score (nSPS) is 12.0. The van der Waals surface area contributed by atoms with Crippen molar-refractivity contribution in [2.45, 2.75) is 12.7 Å². The first-order chi connectivity index (χ1) is 12.0. The summed E-state index contributed by atoms with van der Waals surface area (Å²) in [5.74, 6) is 0. The maximum Gasteiger partial charge on any atom is 0.433 e. The van der Waals surface area contributed by atoms with Crippen LogP contribution in [-0.2, 0) is 12.7 Å². The predicted molar refractivity (Wildman–Crippen MR) is 86.9 cm³/mol. The van der Waals surface area contributed by atoms with Crippen molar-refractivity contribution in [2.24, 2.45) is 4.99 Å². The van der Waals surface area contributed by atoms with Gasteiger partial charge in [-0.05, 0) is 23.8 Å². The van der Waals surface area contributed by atoms with Crippen LogP contribution in [0.2, 0.25) is 0 Å². The summed E-state index contributed by atoms with van der Waals surface area (Å²) >= 11 is 0. The fourth-order valence-corrected chi connectivity index (χ4v) is 2.28. The summed E-state index contributed by atoms with van der Waals surface area (Å²) in [5.41, 5.74) is -1.43. The minimum Gasteiger partial charge on any atom is -0.287 e. The molecule has 0 saturated carbocycles. The number of alkyl halides is 3. The quantitative estimate of drug-likeness (QED) is 0.738. The third-order valence-corrected chi connectivity index (χ3v) is 3.44. The third kappa shape index (κ3) is 3.68. The topological polar surface area (TPSA) is 63.0 Å². The Kier molecular flexibility index (Phi) is 4.51. The van der Waals surface area contributed by atoms with Crippen LogP contribution >= 0.6 is 0 Å². The van der Waals surface area contributed by atoms with Gasteiger partial charge in [0.05, 0.1) is 17.8 Å². The molecule has 0 unspecified atom stereocenters. The number of nitrogens with zero attached hydrogens (tertiary/aromatic N) is 3. The molecule has 0 fully saturated rings. The van der Waals surface area contributed by atoms with Crippen LogP contribution < -0.4 is 5.56 Å². The highest BCUT2D eigenvalue weighted by Crippen LogP contribution is 2.29. The first-order valence-corrected chi connectivity index (χ1v) is 7.33. The smallest absolute Gasteiger partial charge is 0.287 e. The van der Waals surface area contributed by atoms with Crippen LogP contribution in [0.1, 0.15) is 16.8 Å². The number of pyridine rings is 1. The Bertz CT molecular complexity index is 928. The number of aromatic nitrogens is 3. The minimum absolute atomic E-state index is 0.126. The van der Waals surface area contributed by atoms with E-state index in [9.17, 15) is 18.0 Å². The summed E-state index contributed by atoms with van der Waals surface area (Å²) in [6, 6.07) is 11.5. The zero-order valence-corrected chi connectivity index (χ0v) is 12.9. The molecule has 5 nitrogen and oxygen atoms in total. The van der Waals surface area contributed by atoms with Crippen LogP contribution in [0.3, 0.4) is 0 Å². The van der Waals surface area contributed by atoms with E-state index in [1.165, 1.54) is 12.1 Å². The van der Waals surface area contributed by atoms with Crippen LogP contribution in [0.4, 0.5) is 13.2 Å². The van der Waals surface area contributed by atoms with Crippen molar-refractivity contribution in [2.75, 3.05) is 0 Å². The van der Waals surface area contributed by atoms with Gasteiger partial charge in [-0.25, -0.2) is 4.68 Å². The molecule has 3 aromatic rings. The largest absolute Gasteiger partial charge is 0.433 e. The van der Waals surface area contributed by atoms with Crippen LogP contribution in [0.15, 0.2) is 64.6 Å². The molecule has 0 aliphatic rings. The number of nitrogens with one attached hydrogen (secondary N) is 1.